The first-order chi connectivity index (χ1) is 19.5. The van der Waals surface area contributed by atoms with Gasteiger partial charge in [0.1, 0.15) is 34.2 Å². The normalized spacial score (nSPS) is 13.5. The summed E-state index contributed by atoms with van der Waals surface area (Å²) in [4.78, 5) is 12.3. The Labute approximate surface area is 234 Å². The molecule has 0 amide bonds. The van der Waals surface area contributed by atoms with Crippen LogP contribution >= 0.6 is 0 Å². The SMILES string of the molecule is CNC1CN(c2ccc(-c3nn(Cc4ccc(OC)cc4)c4cc(OC)c(-c5cccc(C)c5C)nc34)cn2)C1. The van der Waals surface area contributed by atoms with Gasteiger partial charge in [-0.2, -0.15) is 5.10 Å². The van der Waals surface area contributed by atoms with Gasteiger partial charge in [-0.25, -0.2) is 9.97 Å². The van der Waals surface area contributed by atoms with Crippen LogP contribution in [0.2, 0.25) is 0 Å². The molecule has 0 spiro atoms. The number of anilines is 1. The Kier molecular flexibility index (Phi) is 6.86. The van der Waals surface area contributed by atoms with Gasteiger partial charge in [-0.3, -0.25) is 4.68 Å². The molecule has 0 atom stereocenters. The smallest absolute Gasteiger partial charge is 0.147 e. The van der Waals surface area contributed by atoms with Crippen molar-refractivity contribution in [3.63, 3.8) is 0 Å². The van der Waals surface area contributed by atoms with Gasteiger partial charge in [0.05, 0.1) is 26.3 Å². The number of aryl methyl sites for hydroxylation is 1. The van der Waals surface area contributed by atoms with Gasteiger partial charge in [0.2, 0.25) is 0 Å². The number of benzene rings is 2. The average Bonchev–Trinajstić information content (AvgIpc) is 3.31. The number of hydrogen-bond donors (Lipinski definition) is 1. The molecule has 0 bridgehead atoms. The summed E-state index contributed by atoms with van der Waals surface area (Å²) in [7, 11) is 5.37. The minimum absolute atomic E-state index is 0.516. The first kappa shape index (κ1) is 25.8. The zero-order valence-electron chi connectivity index (χ0n) is 23.6. The van der Waals surface area contributed by atoms with E-state index in [1.54, 1.807) is 14.2 Å². The van der Waals surface area contributed by atoms with Crippen LogP contribution in [-0.2, 0) is 6.54 Å². The van der Waals surface area contributed by atoms with Gasteiger partial charge in [0.25, 0.3) is 0 Å². The van der Waals surface area contributed by atoms with E-state index in [-0.39, 0.29) is 0 Å². The topological polar surface area (TPSA) is 77.3 Å². The van der Waals surface area contributed by atoms with E-state index < -0.39 is 0 Å². The summed E-state index contributed by atoms with van der Waals surface area (Å²) in [5.74, 6) is 2.52. The second kappa shape index (κ2) is 10.6. The molecule has 4 heterocycles. The van der Waals surface area contributed by atoms with E-state index in [4.69, 9.17) is 24.5 Å². The zero-order valence-corrected chi connectivity index (χ0v) is 23.6. The van der Waals surface area contributed by atoms with Gasteiger partial charge in [0, 0.05) is 42.5 Å². The summed E-state index contributed by atoms with van der Waals surface area (Å²) < 4.78 is 13.2. The van der Waals surface area contributed by atoms with Crippen LogP contribution in [0.25, 0.3) is 33.5 Å². The molecule has 0 unspecified atom stereocenters. The Balaban J connectivity index is 1.47. The highest BCUT2D eigenvalue weighted by Crippen LogP contribution is 2.37. The molecule has 8 heteroatoms. The van der Waals surface area contributed by atoms with Crippen molar-refractivity contribution in [2.45, 2.75) is 26.4 Å². The average molecular weight is 535 g/mol. The van der Waals surface area contributed by atoms with Gasteiger partial charge in [-0.1, -0.05) is 30.3 Å². The molecule has 3 aromatic heterocycles. The molecule has 1 aliphatic rings. The van der Waals surface area contributed by atoms with Crippen molar-refractivity contribution >= 4 is 16.9 Å². The second-order valence-corrected chi connectivity index (χ2v) is 10.3. The third-order valence-electron chi connectivity index (χ3n) is 7.90. The number of ether oxygens (including phenoxy) is 2. The van der Waals surface area contributed by atoms with Crippen molar-refractivity contribution in [1.82, 2.24) is 25.1 Å². The van der Waals surface area contributed by atoms with E-state index in [1.807, 2.05) is 30.1 Å². The minimum atomic E-state index is 0.516. The predicted octanol–water partition coefficient (Wildman–Crippen LogP) is 5.25. The molecule has 0 radical (unpaired) electrons. The number of likely N-dealkylation sites (N-methyl/N-ethyl adjacent to an activating group) is 1. The maximum absolute atomic E-state index is 5.89. The van der Waals surface area contributed by atoms with Crippen molar-refractivity contribution < 1.29 is 9.47 Å². The molecule has 2 aromatic carbocycles. The van der Waals surface area contributed by atoms with Gasteiger partial charge in [-0.05, 0) is 61.9 Å². The van der Waals surface area contributed by atoms with Crippen LogP contribution in [0, 0.1) is 13.8 Å². The Morgan fingerprint density at radius 1 is 0.950 bits per heavy atom. The molecule has 1 fully saturated rings. The highest BCUT2D eigenvalue weighted by molar-refractivity contribution is 5.93. The third kappa shape index (κ3) is 4.64. The monoisotopic (exact) mass is 534 g/mol. The first-order valence-corrected chi connectivity index (χ1v) is 13.5. The Morgan fingerprint density at radius 3 is 2.42 bits per heavy atom. The van der Waals surface area contributed by atoms with Gasteiger partial charge < -0.3 is 19.7 Å². The molecular weight excluding hydrogens is 500 g/mol. The molecule has 8 nitrogen and oxygen atoms in total. The van der Waals surface area contributed by atoms with Crippen molar-refractivity contribution in [3.05, 3.63) is 83.6 Å². The lowest BCUT2D eigenvalue weighted by Crippen LogP contribution is -2.57. The lowest BCUT2D eigenvalue weighted by atomic mass is 9.99. The summed E-state index contributed by atoms with van der Waals surface area (Å²) in [5, 5.41) is 8.40. The summed E-state index contributed by atoms with van der Waals surface area (Å²) in [5.41, 5.74) is 8.82. The molecule has 0 saturated carbocycles. The van der Waals surface area contributed by atoms with E-state index in [0.29, 0.717) is 18.3 Å². The standard InChI is InChI=1S/C32H34N6O2/c1-20-7-6-8-26(21(20)2)31-28(40-5)15-27-32(35-31)30(36-38(27)17-22-9-12-25(39-4)13-10-22)23-11-14-29(34-16-23)37-18-24(19-37)33-3/h6-16,24,33H,17-19H2,1-5H3. The Morgan fingerprint density at radius 2 is 1.75 bits per heavy atom. The highest BCUT2D eigenvalue weighted by Gasteiger charge is 2.26. The quantitative estimate of drug-likeness (QED) is 0.291. The van der Waals surface area contributed by atoms with Crippen LogP contribution in [0.1, 0.15) is 16.7 Å². The Hall–Kier alpha value is -4.43. The fraction of sp³-hybridized carbons (Fsp3) is 0.281. The molecule has 1 N–H and O–H groups in total. The number of methoxy groups -OCH3 is 2. The van der Waals surface area contributed by atoms with E-state index in [0.717, 1.165) is 63.8 Å². The predicted molar refractivity (Wildman–Crippen MR) is 159 cm³/mol. The minimum Gasteiger partial charge on any atom is -0.497 e. The van der Waals surface area contributed by atoms with Gasteiger partial charge in [0.15, 0.2) is 0 Å². The molecule has 1 aliphatic heterocycles. The van der Waals surface area contributed by atoms with Crippen molar-refractivity contribution in [3.8, 4) is 34.0 Å². The molecule has 204 valence electrons. The summed E-state index contributed by atoms with van der Waals surface area (Å²) in [6.07, 6.45) is 1.91. The highest BCUT2D eigenvalue weighted by atomic mass is 16.5. The van der Waals surface area contributed by atoms with Crippen molar-refractivity contribution in [1.29, 1.82) is 0 Å². The lowest BCUT2D eigenvalue weighted by molar-refractivity contribution is 0.414. The summed E-state index contributed by atoms with van der Waals surface area (Å²) in [6, 6.07) is 21.1. The fourth-order valence-electron chi connectivity index (χ4n) is 5.21. The third-order valence-corrected chi connectivity index (χ3v) is 7.90. The Bertz CT molecular complexity index is 1650. The number of nitrogens with zero attached hydrogens (tertiary/aromatic N) is 5. The van der Waals surface area contributed by atoms with Crippen molar-refractivity contribution in [2.24, 2.45) is 0 Å². The number of aromatic nitrogens is 4. The van der Waals surface area contributed by atoms with E-state index >= 15 is 0 Å². The van der Waals surface area contributed by atoms with E-state index in [9.17, 15) is 0 Å². The molecular formula is C32H34N6O2. The second-order valence-electron chi connectivity index (χ2n) is 10.3. The number of fused-ring (bicyclic) bond motifs is 1. The molecule has 5 aromatic rings. The fourth-order valence-corrected chi connectivity index (χ4v) is 5.21. The van der Waals surface area contributed by atoms with Crippen LogP contribution in [0.3, 0.4) is 0 Å². The molecule has 40 heavy (non-hydrogen) atoms. The lowest BCUT2D eigenvalue weighted by Gasteiger charge is -2.39. The van der Waals surface area contributed by atoms with Gasteiger partial charge in [-0.15, -0.1) is 0 Å². The summed E-state index contributed by atoms with van der Waals surface area (Å²) >= 11 is 0. The van der Waals surface area contributed by atoms with Crippen LogP contribution < -0.4 is 19.7 Å². The summed E-state index contributed by atoms with van der Waals surface area (Å²) in [6.45, 7) is 6.75. The number of hydrogen-bond acceptors (Lipinski definition) is 7. The zero-order chi connectivity index (χ0) is 27.8. The number of nitrogens with one attached hydrogen (secondary N) is 1. The number of pyridine rings is 2. The van der Waals surface area contributed by atoms with Crippen LogP contribution in [0.5, 0.6) is 11.5 Å². The van der Waals surface area contributed by atoms with Crippen LogP contribution in [0.15, 0.2) is 66.9 Å². The van der Waals surface area contributed by atoms with E-state index in [1.165, 1.54) is 11.1 Å². The van der Waals surface area contributed by atoms with Crippen molar-refractivity contribution in [2.75, 3.05) is 39.3 Å². The largest absolute Gasteiger partial charge is 0.497 e. The maximum Gasteiger partial charge on any atom is 0.147 e. The van der Waals surface area contributed by atoms with Crippen LogP contribution in [0.4, 0.5) is 5.82 Å². The molecule has 0 aliphatic carbocycles. The molecule has 6 rings (SSSR count). The first-order valence-electron chi connectivity index (χ1n) is 13.5. The van der Waals surface area contributed by atoms with Crippen LogP contribution in [-0.4, -0.2) is 60.1 Å². The number of rotatable bonds is 8. The van der Waals surface area contributed by atoms with E-state index in [2.05, 4.69) is 72.6 Å². The maximum atomic E-state index is 5.89. The van der Waals surface area contributed by atoms with Gasteiger partial charge >= 0.3 is 0 Å². The molecule has 1 saturated heterocycles.